The summed E-state index contributed by atoms with van der Waals surface area (Å²) in [6, 6.07) is 6.02. The van der Waals surface area contributed by atoms with Crippen LogP contribution in [-0.4, -0.2) is 65.7 Å². The van der Waals surface area contributed by atoms with Crippen LogP contribution in [0.3, 0.4) is 0 Å². The van der Waals surface area contributed by atoms with Crippen LogP contribution in [0, 0.1) is 23.7 Å². The molecule has 1 aliphatic carbocycles. The Balaban J connectivity index is 1.56. The lowest BCUT2D eigenvalue weighted by molar-refractivity contribution is -0.142. The number of likely N-dealkylation sites (tertiary alicyclic amines) is 1. The number of hydrogen-bond donors (Lipinski definition) is 4. The third-order valence-electron chi connectivity index (χ3n) is 9.57. The van der Waals surface area contributed by atoms with Crippen molar-refractivity contribution in [2.24, 2.45) is 29.4 Å². The van der Waals surface area contributed by atoms with E-state index >= 15 is 0 Å². The minimum atomic E-state index is -0.695. The molecule has 0 spiro atoms. The minimum Gasteiger partial charge on any atom is -0.461 e. The third kappa shape index (κ3) is 12.3. The summed E-state index contributed by atoms with van der Waals surface area (Å²) < 4.78 is 5.05. The maximum atomic E-state index is 13.7. The summed E-state index contributed by atoms with van der Waals surface area (Å²) in [5.74, 6) is -0.332. The molecule has 5 N–H and O–H groups in total. The van der Waals surface area contributed by atoms with Crippen molar-refractivity contribution in [1.29, 1.82) is 0 Å². The summed E-state index contributed by atoms with van der Waals surface area (Å²) in [7, 11) is 0. The van der Waals surface area contributed by atoms with E-state index in [1.54, 1.807) is 31.2 Å². The molecule has 11 heteroatoms. The highest BCUT2D eigenvalue weighted by atomic mass is 16.5. The van der Waals surface area contributed by atoms with E-state index in [4.69, 9.17) is 10.5 Å². The number of amides is 4. The van der Waals surface area contributed by atoms with Gasteiger partial charge < -0.3 is 26.4 Å². The number of unbranched alkanes of at least 4 members (excludes halogenated alkanes) is 2. The maximum Gasteiger partial charge on any atom is 0.302 e. The van der Waals surface area contributed by atoms with Crippen molar-refractivity contribution in [2.45, 2.75) is 124 Å². The number of benzene rings is 1. The fourth-order valence-electron chi connectivity index (χ4n) is 6.57. The number of hydrogen-bond acceptors (Lipinski definition) is 8. The van der Waals surface area contributed by atoms with Crippen LogP contribution in [-0.2, 0) is 35.3 Å². The van der Waals surface area contributed by atoms with E-state index in [0.29, 0.717) is 43.5 Å². The van der Waals surface area contributed by atoms with Crippen LogP contribution in [0.1, 0.15) is 104 Å². The highest BCUT2D eigenvalue weighted by Gasteiger charge is 2.35. The van der Waals surface area contributed by atoms with Crippen LogP contribution in [0.25, 0.3) is 0 Å². The SMILES string of the molecule is CC(=O)OCc1ccc(NC(=O)[C@H](CC2CCC(CN)CC2)NC(=O)[C@@H](N[C@@H](C)CCCCCN2C(=O)CC(C)C2=O)C(C)C)cc1. The summed E-state index contributed by atoms with van der Waals surface area (Å²) >= 11 is 0. The Labute approximate surface area is 280 Å². The van der Waals surface area contributed by atoms with Crippen LogP contribution >= 0.6 is 0 Å². The molecule has 2 fully saturated rings. The quantitative estimate of drug-likeness (QED) is 0.104. The number of rotatable bonds is 18. The van der Waals surface area contributed by atoms with E-state index in [0.717, 1.165) is 56.9 Å². The molecule has 4 atom stereocenters. The van der Waals surface area contributed by atoms with Crippen molar-refractivity contribution in [2.75, 3.05) is 18.4 Å². The molecule has 1 aliphatic heterocycles. The molecular formula is C36H57N5O6. The maximum absolute atomic E-state index is 13.7. The van der Waals surface area contributed by atoms with E-state index in [2.05, 4.69) is 22.9 Å². The molecule has 1 saturated carbocycles. The number of carbonyl (C=O) groups excluding carboxylic acids is 5. The lowest BCUT2D eigenvalue weighted by Gasteiger charge is -2.32. The summed E-state index contributed by atoms with van der Waals surface area (Å²) in [5, 5.41) is 9.57. The van der Waals surface area contributed by atoms with Gasteiger partial charge in [-0.25, -0.2) is 0 Å². The summed E-state index contributed by atoms with van der Waals surface area (Å²) in [6.45, 7) is 10.5. The second kappa shape index (κ2) is 18.9. The monoisotopic (exact) mass is 655 g/mol. The Bertz CT molecular complexity index is 1200. The zero-order valence-electron chi connectivity index (χ0n) is 29.0. The smallest absolute Gasteiger partial charge is 0.302 e. The molecule has 2 aliphatic rings. The van der Waals surface area contributed by atoms with Crippen molar-refractivity contribution >= 4 is 35.3 Å². The fraction of sp³-hybridized carbons (Fsp3) is 0.694. The van der Waals surface area contributed by atoms with E-state index in [9.17, 15) is 24.0 Å². The molecule has 0 aromatic heterocycles. The molecule has 11 nitrogen and oxygen atoms in total. The van der Waals surface area contributed by atoms with E-state index in [1.165, 1.54) is 11.8 Å². The van der Waals surface area contributed by atoms with Crippen molar-refractivity contribution in [1.82, 2.24) is 15.5 Å². The number of anilines is 1. The molecule has 3 rings (SSSR count). The van der Waals surface area contributed by atoms with Gasteiger partial charge in [0, 0.05) is 37.5 Å². The van der Waals surface area contributed by atoms with Gasteiger partial charge in [0.2, 0.25) is 23.6 Å². The van der Waals surface area contributed by atoms with Crippen LogP contribution < -0.4 is 21.7 Å². The van der Waals surface area contributed by atoms with E-state index in [-0.39, 0.29) is 54.1 Å². The molecule has 1 aromatic rings. The molecule has 47 heavy (non-hydrogen) atoms. The van der Waals surface area contributed by atoms with E-state index < -0.39 is 12.1 Å². The first kappa shape index (κ1) is 38.1. The van der Waals surface area contributed by atoms with Gasteiger partial charge in [0.15, 0.2) is 0 Å². The molecule has 4 amide bonds. The second-order valence-electron chi connectivity index (χ2n) is 14.0. The van der Waals surface area contributed by atoms with Crippen molar-refractivity contribution < 1.29 is 28.7 Å². The number of nitrogens with one attached hydrogen (secondary N) is 3. The predicted molar refractivity (Wildman–Crippen MR) is 182 cm³/mol. The third-order valence-corrected chi connectivity index (χ3v) is 9.57. The number of nitrogens with zero attached hydrogens (tertiary/aromatic N) is 1. The zero-order chi connectivity index (χ0) is 34.5. The van der Waals surface area contributed by atoms with Gasteiger partial charge in [-0.15, -0.1) is 0 Å². The standard InChI is InChI=1S/C36H57N5O6/c1-23(2)33(38-25(4)9-7-6-8-18-41-32(43)19-24(3)36(41)46)35(45)40-31(20-27-10-12-28(21-37)13-11-27)34(44)39-30-16-14-29(15-17-30)22-47-26(5)42/h14-17,23-25,27-28,31,33,38H,6-13,18-22,37H2,1-5H3,(H,39,44)(H,40,45)/t24?,25-,27?,28?,31-,33-/m0/s1. The predicted octanol–water partition coefficient (Wildman–Crippen LogP) is 4.29. The average molecular weight is 656 g/mol. The number of ether oxygens (including phenoxy) is 1. The highest BCUT2D eigenvalue weighted by molar-refractivity contribution is 6.03. The van der Waals surface area contributed by atoms with Gasteiger partial charge in [-0.05, 0) is 81.0 Å². The van der Waals surface area contributed by atoms with Crippen LogP contribution in [0.5, 0.6) is 0 Å². The summed E-state index contributed by atoms with van der Waals surface area (Å²) in [6.07, 6.45) is 8.29. The average Bonchev–Trinajstić information content (AvgIpc) is 3.28. The van der Waals surface area contributed by atoms with Crippen LogP contribution in [0.2, 0.25) is 0 Å². The zero-order valence-corrected chi connectivity index (χ0v) is 29.0. The van der Waals surface area contributed by atoms with Gasteiger partial charge in [0.25, 0.3) is 0 Å². The molecule has 1 saturated heterocycles. The second-order valence-corrected chi connectivity index (χ2v) is 14.0. The lowest BCUT2D eigenvalue weighted by atomic mass is 9.79. The van der Waals surface area contributed by atoms with Crippen LogP contribution in [0.4, 0.5) is 5.69 Å². The highest BCUT2D eigenvalue weighted by Crippen LogP contribution is 2.31. The molecule has 1 aromatic carbocycles. The molecular weight excluding hydrogens is 598 g/mol. The first-order chi connectivity index (χ1) is 22.4. The topological polar surface area (TPSA) is 160 Å². The van der Waals surface area contributed by atoms with E-state index in [1.807, 2.05) is 13.8 Å². The van der Waals surface area contributed by atoms with Gasteiger partial charge in [-0.1, -0.05) is 58.6 Å². The van der Waals surface area contributed by atoms with Gasteiger partial charge >= 0.3 is 5.97 Å². The first-order valence-corrected chi connectivity index (χ1v) is 17.5. The Morgan fingerprint density at radius 3 is 2.19 bits per heavy atom. The van der Waals surface area contributed by atoms with Crippen molar-refractivity contribution in [3.8, 4) is 0 Å². The summed E-state index contributed by atoms with van der Waals surface area (Å²) in [5.41, 5.74) is 7.32. The largest absolute Gasteiger partial charge is 0.461 e. The molecule has 1 unspecified atom stereocenters. The Hall–Kier alpha value is -3.31. The van der Waals surface area contributed by atoms with Gasteiger partial charge in [-0.3, -0.25) is 28.9 Å². The Morgan fingerprint density at radius 1 is 0.957 bits per heavy atom. The molecule has 0 radical (unpaired) electrons. The fourth-order valence-corrected chi connectivity index (χ4v) is 6.57. The minimum absolute atomic E-state index is 0.0000934. The van der Waals surface area contributed by atoms with Crippen LogP contribution in [0.15, 0.2) is 24.3 Å². The number of nitrogens with two attached hydrogens (primary N) is 1. The number of imide groups is 1. The van der Waals surface area contributed by atoms with Gasteiger partial charge in [0.1, 0.15) is 12.6 Å². The molecule has 1 heterocycles. The lowest BCUT2D eigenvalue weighted by Crippen LogP contribution is -2.55. The first-order valence-electron chi connectivity index (χ1n) is 17.5. The number of carbonyl (C=O) groups is 5. The van der Waals surface area contributed by atoms with Gasteiger partial charge in [0.05, 0.1) is 6.04 Å². The normalized spacial score (nSPS) is 21.8. The molecule has 0 bridgehead atoms. The molecule has 262 valence electrons. The summed E-state index contributed by atoms with van der Waals surface area (Å²) in [4.78, 5) is 64.1. The number of esters is 1. The Kier molecular flexibility index (Phi) is 15.3. The van der Waals surface area contributed by atoms with Gasteiger partial charge in [-0.2, -0.15) is 0 Å². The Morgan fingerprint density at radius 2 is 1.62 bits per heavy atom. The van der Waals surface area contributed by atoms with Crippen molar-refractivity contribution in [3.05, 3.63) is 29.8 Å². The van der Waals surface area contributed by atoms with Crippen molar-refractivity contribution in [3.63, 3.8) is 0 Å².